The highest BCUT2D eigenvalue weighted by molar-refractivity contribution is 9.10. The van der Waals surface area contributed by atoms with E-state index in [4.69, 9.17) is 10.00 Å². The Hall–Kier alpha value is -2.92. The zero-order valence-corrected chi connectivity index (χ0v) is 16.7. The summed E-state index contributed by atoms with van der Waals surface area (Å²) in [6.45, 7) is 0.819. The van der Waals surface area contributed by atoms with Crippen LogP contribution in [-0.4, -0.2) is 29.9 Å². The summed E-state index contributed by atoms with van der Waals surface area (Å²) >= 11 is 3.45. The Bertz CT molecular complexity index is 912. The van der Waals surface area contributed by atoms with Crippen LogP contribution in [0.25, 0.3) is 0 Å². The van der Waals surface area contributed by atoms with Gasteiger partial charge < -0.3 is 15.0 Å². The van der Waals surface area contributed by atoms with Crippen molar-refractivity contribution in [1.29, 1.82) is 5.26 Å². The first-order chi connectivity index (χ1) is 13.6. The van der Waals surface area contributed by atoms with Crippen LogP contribution in [0, 0.1) is 17.2 Å². The van der Waals surface area contributed by atoms with E-state index in [0.29, 0.717) is 38.2 Å². The van der Waals surface area contributed by atoms with Gasteiger partial charge in [-0.1, -0.05) is 12.1 Å². The highest BCUT2D eigenvalue weighted by Gasteiger charge is 2.38. The average Bonchev–Trinajstić information content (AvgIpc) is 3.08. The molecule has 2 aromatic rings. The number of unbranched alkanes of at least 4 members (excludes halogenated alkanes) is 1. The maximum atomic E-state index is 12.8. The van der Waals surface area contributed by atoms with Crippen LogP contribution >= 0.6 is 15.9 Å². The SMILES string of the molecule is N#CCCCOc1cccnc1NC(=O)C1CCN(c2ccccc2Br)C1=O. The predicted molar refractivity (Wildman–Crippen MR) is 108 cm³/mol. The third-order valence-electron chi connectivity index (χ3n) is 4.37. The quantitative estimate of drug-likeness (QED) is 0.522. The number of carbonyl (C=O) groups excluding carboxylic acids is 2. The molecule has 8 heteroatoms. The Kier molecular flexibility index (Phi) is 6.61. The molecule has 0 saturated carbocycles. The topological polar surface area (TPSA) is 95.3 Å². The first kappa shape index (κ1) is 19.8. The molecule has 0 bridgehead atoms. The third-order valence-corrected chi connectivity index (χ3v) is 5.04. The van der Waals surface area contributed by atoms with Crippen LogP contribution in [0.15, 0.2) is 47.1 Å². The number of halogens is 1. The molecule has 1 aromatic heterocycles. The fraction of sp³-hybridized carbons (Fsp3) is 0.300. The molecule has 1 unspecified atom stereocenters. The van der Waals surface area contributed by atoms with Crippen molar-refractivity contribution in [2.45, 2.75) is 19.3 Å². The molecule has 1 atom stereocenters. The Morgan fingerprint density at radius 3 is 2.96 bits per heavy atom. The molecule has 1 N–H and O–H groups in total. The van der Waals surface area contributed by atoms with Gasteiger partial charge in [0.05, 0.1) is 18.4 Å². The lowest BCUT2D eigenvalue weighted by atomic mass is 10.1. The van der Waals surface area contributed by atoms with Gasteiger partial charge in [-0.3, -0.25) is 9.59 Å². The minimum Gasteiger partial charge on any atom is -0.490 e. The lowest BCUT2D eigenvalue weighted by Crippen LogP contribution is -2.33. The molecule has 2 heterocycles. The first-order valence-corrected chi connectivity index (χ1v) is 9.72. The lowest BCUT2D eigenvalue weighted by molar-refractivity contribution is -0.129. The van der Waals surface area contributed by atoms with Gasteiger partial charge in [-0.15, -0.1) is 0 Å². The van der Waals surface area contributed by atoms with E-state index in [9.17, 15) is 9.59 Å². The minimum atomic E-state index is -0.777. The Labute approximate surface area is 171 Å². The summed E-state index contributed by atoms with van der Waals surface area (Å²) < 4.78 is 6.41. The fourth-order valence-corrected chi connectivity index (χ4v) is 3.47. The number of hydrogen-bond acceptors (Lipinski definition) is 5. The first-order valence-electron chi connectivity index (χ1n) is 8.93. The number of nitrogens with one attached hydrogen (secondary N) is 1. The molecule has 0 radical (unpaired) electrons. The molecule has 3 rings (SSSR count). The molecule has 1 aliphatic heterocycles. The summed E-state index contributed by atoms with van der Waals surface area (Å²) in [5.41, 5.74) is 0.752. The van der Waals surface area contributed by atoms with Crippen molar-refractivity contribution < 1.29 is 14.3 Å². The number of hydrogen-bond donors (Lipinski definition) is 1. The van der Waals surface area contributed by atoms with Gasteiger partial charge in [-0.05, 0) is 53.0 Å². The van der Waals surface area contributed by atoms with E-state index >= 15 is 0 Å². The number of rotatable bonds is 7. The Morgan fingerprint density at radius 2 is 2.18 bits per heavy atom. The number of nitrogens with zero attached hydrogens (tertiary/aromatic N) is 3. The van der Waals surface area contributed by atoms with Gasteiger partial charge >= 0.3 is 0 Å². The molecule has 144 valence electrons. The van der Waals surface area contributed by atoms with E-state index in [-0.39, 0.29) is 11.7 Å². The molecule has 1 fully saturated rings. The fourth-order valence-electron chi connectivity index (χ4n) is 2.97. The largest absolute Gasteiger partial charge is 0.490 e. The zero-order chi connectivity index (χ0) is 19.9. The summed E-state index contributed by atoms with van der Waals surface area (Å²) in [5.74, 6) is -0.726. The van der Waals surface area contributed by atoms with Gasteiger partial charge in [0, 0.05) is 23.6 Å². The van der Waals surface area contributed by atoms with Gasteiger partial charge in [0.25, 0.3) is 0 Å². The van der Waals surface area contributed by atoms with E-state index in [1.165, 1.54) is 0 Å². The van der Waals surface area contributed by atoms with Crippen molar-refractivity contribution in [3.8, 4) is 11.8 Å². The number of amides is 2. The van der Waals surface area contributed by atoms with Crippen LogP contribution in [-0.2, 0) is 9.59 Å². The van der Waals surface area contributed by atoms with Crippen molar-refractivity contribution >= 4 is 39.2 Å². The molecule has 2 amide bonds. The van der Waals surface area contributed by atoms with Gasteiger partial charge in [-0.2, -0.15) is 5.26 Å². The molecule has 0 aliphatic carbocycles. The van der Waals surface area contributed by atoms with Crippen LogP contribution in [0.3, 0.4) is 0 Å². The highest BCUT2D eigenvalue weighted by atomic mass is 79.9. The number of nitriles is 1. The van der Waals surface area contributed by atoms with E-state index in [1.54, 1.807) is 23.2 Å². The monoisotopic (exact) mass is 442 g/mol. The molecule has 1 aromatic carbocycles. The smallest absolute Gasteiger partial charge is 0.239 e. The second-order valence-corrected chi connectivity index (χ2v) is 7.09. The number of pyridine rings is 1. The summed E-state index contributed by atoms with van der Waals surface area (Å²) in [6, 6.07) is 12.9. The van der Waals surface area contributed by atoms with Gasteiger partial charge in [0.2, 0.25) is 11.8 Å². The number of benzene rings is 1. The van der Waals surface area contributed by atoms with Crippen molar-refractivity contribution in [3.05, 3.63) is 47.1 Å². The number of anilines is 2. The number of aromatic nitrogens is 1. The molecule has 7 nitrogen and oxygen atoms in total. The second-order valence-electron chi connectivity index (χ2n) is 6.23. The van der Waals surface area contributed by atoms with Gasteiger partial charge in [0.15, 0.2) is 11.6 Å². The predicted octanol–water partition coefficient (Wildman–Crippen LogP) is 3.52. The maximum Gasteiger partial charge on any atom is 0.239 e. The van der Waals surface area contributed by atoms with Crippen LogP contribution in [0.4, 0.5) is 11.5 Å². The van der Waals surface area contributed by atoms with Crippen molar-refractivity contribution in [2.24, 2.45) is 5.92 Å². The third kappa shape index (κ3) is 4.49. The standard InChI is InChI=1S/C20H19BrN4O3/c21-15-6-1-2-7-16(15)25-12-9-14(20(25)27)19(26)24-18-17(8-5-11-23-18)28-13-4-3-10-22/h1-2,5-8,11,14H,3-4,9,12-13H2,(H,23,24,26). The summed E-state index contributed by atoms with van der Waals surface area (Å²) in [4.78, 5) is 31.3. The van der Waals surface area contributed by atoms with Crippen LogP contribution in [0.1, 0.15) is 19.3 Å². The molecule has 1 saturated heterocycles. The number of para-hydroxylation sites is 1. The zero-order valence-electron chi connectivity index (χ0n) is 15.1. The number of ether oxygens (including phenoxy) is 1. The lowest BCUT2D eigenvalue weighted by Gasteiger charge is -2.18. The molecule has 0 spiro atoms. The van der Waals surface area contributed by atoms with Crippen molar-refractivity contribution in [3.63, 3.8) is 0 Å². The van der Waals surface area contributed by atoms with E-state index in [1.807, 2.05) is 24.3 Å². The van der Waals surface area contributed by atoms with Gasteiger partial charge in [0.1, 0.15) is 5.92 Å². The molecular formula is C20H19BrN4O3. The van der Waals surface area contributed by atoms with E-state index in [2.05, 4.69) is 32.3 Å². The number of carbonyl (C=O) groups is 2. The normalized spacial score (nSPS) is 15.9. The van der Waals surface area contributed by atoms with Crippen LogP contribution in [0.2, 0.25) is 0 Å². The highest BCUT2D eigenvalue weighted by Crippen LogP contribution is 2.32. The van der Waals surface area contributed by atoms with Crippen molar-refractivity contribution in [1.82, 2.24) is 4.98 Å². The maximum absolute atomic E-state index is 12.8. The molecule has 1 aliphatic rings. The van der Waals surface area contributed by atoms with Crippen LogP contribution in [0.5, 0.6) is 5.75 Å². The summed E-state index contributed by atoms with van der Waals surface area (Å²) in [5, 5.41) is 11.3. The molecular weight excluding hydrogens is 424 g/mol. The summed E-state index contributed by atoms with van der Waals surface area (Å²) in [6.07, 6.45) is 2.95. The van der Waals surface area contributed by atoms with E-state index < -0.39 is 11.8 Å². The van der Waals surface area contributed by atoms with Crippen LogP contribution < -0.4 is 15.0 Å². The minimum absolute atomic E-state index is 0.239. The van der Waals surface area contributed by atoms with Gasteiger partial charge in [-0.25, -0.2) is 4.98 Å². The Balaban J connectivity index is 1.67. The van der Waals surface area contributed by atoms with E-state index in [0.717, 1.165) is 10.2 Å². The second kappa shape index (κ2) is 9.33. The molecule has 28 heavy (non-hydrogen) atoms. The summed E-state index contributed by atoms with van der Waals surface area (Å²) in [7, 11) is 0. The van der Waals surface area contributed by atoms with Crippen molar-refractivity contribution in [2.75, 3.05) is 23.4 Å². The Morgan fingerprint density at radius 1 is 1.36 bits per heavy atom. The average molecular weight is 443 g/mol.